The molecule has 0 saturated heterocycles. The van der Waals surface area contributed by atoms with Crippen molar-refractivity contribution in [3.8, 4) is 17.6 Å². The van der Waals surface area contributed by atoms with Gasteiger partial charge in [-0.15, -0.1) is 0 Å². The molecule has 0 fully saturated rings. The molecule has 0 N–H and O–H groups in total. The van der Waals surface area contributed by atoms with Gasteiger partial charge in [0, 0.05) is 10.6 Å². The van der Waals surface area contributed by atoms with Crippen LogP contribution in [0.25, 0.3) is 0 Å². The number of nitriles is 1. The van der Waals surface area contributed by atoms with Crippen molar-refractivity contribution in [2.45, 2.75) is 31.8 Å². The van der Waals surface area contributed by atoms with Crippen molar-refractivity contribution in [2.24, 2.45) is 0 Å². The number of carbonyl (C=O) groups is 1. The van der Waals surface area contributed by atoms with Crippen LogP contribution >= 0.6 is 11.6 Å². The van der Waals surface area contributed by atoms with Gasteiger partial charge in [-0.2, -0.15) is 5.26 Å². The van der Waals surface area contributed by atoms with Crippen LogP contribution in [-0.2, 0) is 10.4 Å². The lowest BCUT2D eigenvalue weighted by atomic mass is 9.91. The fourth-order valence-electron chi connectivity index (χ4n) is 3.15. The van der Waals surface area contributed by atoms with Crippen LogP contribution in [0.3, 0.4) is 0 Å². The predicted molar refractivity (Wildman–Crippen MR) is 117 cm³/mol. The molecule has 1 unspecified atom stereocenters. The van der Waals surface area contributed by atoms with Crippen LogP contribution in [0.5, 0.6) is 11.5 Å². The van der Waals surface area contributed by atoms with Gasteiger partial charge < -0.3 is 9.47 Å². The SMILES string of the molecule is CC(C)c1cc(Cl)ccc1OC(=O)CC(C#N)(Oc1ccccc1)c1ccccc1. The predicted octanol–water partition coefficient (Wildman–Crippen LogP) is 6.26. The number of benzene rings is 3. The van der Waals surface area contributed by atoms with Gasteiger partial charge in [-0.3, -0.25) is 4.79 Å². The molecule has 0 spiro atoms. The first-order valence-electron chi connectivity index (χ1n) is 9.64. The Balaban J connectivity index is 1.92. The van der Waals surface area contributed by atoms with Gasteiger partial charge in [0.15, 0.2) is 0 Å². The number of hydrogen-bond acceptors (Lipinski definition) is 4. The van der Waals surface area contributed by atoms with Crippen LogP contribution in [0.1, 0.15) is 37.3 Å². The van der Waals surface area contributed by atoms with E-state index in [0.717, 1.165) is 5.56 Å². The number of para-hydroxylation sites is 1. The van der Waals surface area contributed by atoms with E-state index in [1.165, 1.54) is 0 Å². The molecule has 0 heterocycles. The lowest BCUT2D eigenvalue weighted by molar-refractivity contribution is -0.137. The molecular formula is C25H22ClNO3. The number of rotatable bonds is 7. The Labute approximate surface area is 181 Å². The summed E-state index contributed by atoms with van der Waals surface area (Å²) in [5.41, 5.74) is -0.125. The average Bonchev–Trinajstić information content (AvgIpc) is 2.75. The molecular weight excluding hydrogens is 398 g/mol. The Morgan fingerprint density at radius 3 is 2.27 bits per heavy atom. The van der Waals surface area contributed by atoms with E-state index in [1.54, 1.807) is 54.6 Å². The third-order valence-corrected chi connectivity index (χ3v) is 4.90. The van der Waals surface area contributed by atoms with Crippen molar-refractivity contribution in [3.63, 3.8) is 0 Å². The molecule has 5 heteroatoms. The van der Waals surface area contributed by atoms with Crippen molar-refractivity contribution in [1.29, 1.82) is 5.26 Å². The zero-order valence-corrected chi connectivity index (χ0v) is 17.6. The quantitative estimate of drug-likeness (QED) is 0.335. The topological polar surface area (TPSA) is 59.3 Å². The summed E-state index contributed by atoms with van der Waals surface area (Å²) in [6.45, 7) is 3.98. The maximum atomic E-state index is 12.9. The Morgan fingerprint density at radius 1 is 1.03 bits per heavy atom. The number of hydrogen-bond donors (Lipinski definition) is 0. The molecule has 3 rings (SSSR count). The normalized spacial score (nSPS) is 12.6. The van der Waals surface area contributed by atoms with Crippen LogP contribution in [-0.4, -0.2) is 5.97 Å². The molecule has 3 aromatic rings. The van der Waals surface area contributed by atoms with Crippen LogP contribution in [0.15, 0.2) is 78.9 Å². The largest absolute Gasteiger partial charge is 0.468 e. The third-order valence-electron chi connectivity index (χ3n) is 4.67. The van der Waals surface area contributed by atoms with E-state index in [9.17, 15) is 10.1 Å². The summed E-state index contributed by atoms with van der Waals surface area (Å²) in [4.78, 5) is 12.9. The molecule has 0 aliphatic heterocycles. The molecule has 0 saturated carbocycles. The van der Waals surface area contributed by atoms with Crippen molar-refractivity contribution in [2.75, 3.05) is 0 Å². The maximum absolute atomic E-state index is 12.9. The summed E-state index contributed by atoms with van der Waals surface area (Å²) in [5, 5.41) is 10.7. The number of ether oxygens (including phenoxy) is 2. The molecule has 0 aliphatic rings. The molecule has 1 atom stereocenters. The van der Waals surface area contributed by atoms with Gasteiger partial charge in [-0.05, 0) is 41.8 Å². The molecule has 0 radical (unpaired) electrons. The van der Waals surface area contributed by atoms with Crippen molar-refractivity contribution in [1.82, 2.24) is 0 Å². The van der Waals surface area contributed by atoms with E-state index < -0.39 is 11.6 Å². The van der Waals surface area contributed by atoms with E-state index in [2.05, 4.69) is 6.07 Å². The summed E-state index contributed by atoms with van der Waals surface area (Å²) in [5.74, 6) is 0.464. The highest BCUT2D eigenvalue weighted by Crippen LogP contribution is 2.34. The Morgan fingerprint density at radius 2 is 1.67 bits per heavy atom. The minimum Gasteiger partial charge on any atom is -0.468 e. The molecule has 3 aromatic carbocycles. The van der Waals surface area contributed by atoms with Crippen LogP contribution in [0.4, 0.5) is 0 Å². The first-order chi connectivity index (χ1) is 14.4. The fraction of sp³-hybridized carbons (Fsp3) is 0.200. The summed E-state index contributed by atoms with van der Waals surface area (Å²) in [6.07, 6.45) is -0.275. The Hall–Kier alpha value is -3.29. The van der Waals surface area contributed by atoms with E-state index >= 15 is 0 Å². The average molecular weight is 420 g/mol. The Kier molecular flexibility index (Phi) is 6.76. The van der Waals surface area contributed by atoms with Gasteiger partial charge in [0.1, 0.15) is 24.0 Å². The molecule has 4 nitrogen and oxygen atoms in total. The summed E-state index contributed by atoms with van der Waals surface area (Å²) in [7, 11) is 0. The highest BCUT2D eigenvalue weighted by molar-refractivity contribution is 6.30. The van der Waals surface area contributed by atoms with Crippen molar-refractivity contribution >= 4 is 17.6 Å². The number of carbonyl (C=O) groups excluding carboxylic acids is 1. The standard InChI is InChI=1S/C25H22ClNO3/c1-18(2)22-15-20(26)13-14-23(22)29-24(28)16-25(17-27,19-9-5-3-6-10-19)30-21-11-7-4-8-12-21/h3-15,18H,16H2,1-2H3. The highest BCUT2D eigenvalue weighted by atomic mass is 35.5. The maximum Gasteiger partial charge on any atom is 0.316 e. The van der Waals surface area contributed by atoms with Crippen molar-refractivity contribution in [3.05, 3.63) is 95.0 Å². The van der Waals surface area contributed by atoms with E-state index in [1.807, 2.05) is 38.1 Å². The second kappa shape index (κ2) is 9.47. The minimum atomic E-state index is -1.52. The minimum absolute atomic E-state index is 0.113. The lowest BCUT2D eigenvalue weighted by Gasteiger charge is -2.27. The number of nitrogens with zero attached hydrogens (tertiary/aromatic N) is 1. The monoisotopic (exact) mass is 419 g/mol. The molecule has 0 aromatic heterocycles. The van der Waals surface area contributed by atoms with Gasteiger partial charge >= 0.3 is 5.97 Å². The molecule has 0 amide bonds. The fourth-order valence-corrected chi connectivity index (χ4v) is 3.33. The van der Waals surface area contributed by atoms with Crippen LogP contribution < -0.4 is 9.47 Å². The van der Waals surface area contributed by atoms with Gasteiger partial charge in [-0.1, -0.05) is 74.0 Å². The Bertz CT molecular complexity index is 1040. The lowest BCUT2D eigenvalue weighted by Crippen LogP contribution is -2.35. The summed E-state index contributed by atoms with van der Waals surface area (Å²) in [6, 6.07) is 25.3. The highest BCUT2D eigenvalue weighted by Gasteiger charge is 2.38. The first kappa shape index (κ1) is 21.4. The second-order valence-electron chi connectivity index (χ2n) is 7.21. The number of halogens is 1. The smallest absolute Gasteiger partial charge is 0.316 e. The number of esters is 1. The van der Waals surface area contributed by atoms with Gasteiger partial charge in [0.2, 0.25) is 5.60 Å². The van der Waals surface area contributed by atoms with E-state index in [-0.39, 0.29) is 12.3 Å². The summed E-state index contributed by atoms with van der Waals surface area (Å²) < 4.78 is 11.7. The van der Waals surface area contributed by atoms with E-state index in [4.69, 9.17) is 21.1 Å². The molecule has 152 valence electrons. The first-order valence-corrected chi connectivity index (χ1v) is 10.0. The van der Waals surface area contributed by atoms with Crippen LogP contribution in [0.2, 0.25) is 5.02 Å². The zero-order valence-electron chi connectivity index (χ0n) is 16.8. The van der Waals surface area contributed by atoms with E-state index in [0.29, 0.717) is 22.1 Å². The second-order valence-corrected chi connectivity index (χ2v) is 7.64. The third kappa shape index (κ3) is 5.00. The molecule has 0 bridgehead atoms. The molecule has 30 heavy (non-hydrogen) atoms. The van der Waals surface area contributed by atoms with Crippen LogP contribution in [0, 0.1) is 11.3 Å². The van der Waals surface area contributed by atoms with Crippen molar-refractivity contribution < 1.29 is 14.3 Å². The zero-order chi connectivity index (χ0) is 21.6. The van der Waals surface area contributed by atoms with Gasteiger partial charge in [0.25, 0.3) is 0 Å². The summed E-state index contributed by atoms with van der Waals surface area (Å²) >= 11 is 6.09. The molecule has 0 aliphatic carbocycles. The van der Waals surface area contributed by atoms with Gasteiger partial charge in [-0.25, -0.2) is 0 Å². The van der Waals surface area contributed by atoms with Gasteiger partial charge in [0.05, 0.1) is 0 Å².